The maximum Gasteiger partial charge on any atom is 0.387 e. The maximum absolute atomic E-state index is 12.4. The van der Waals surface area contributed by atoms with E-state index in [9.17, 15) is 13.6 Å². The van der Waals surface area contributed by atoms with Crippen molar-refractivity contribution >= 4 is 11.6 Å². The minimum absolute atomic E-state index is 0.0609. The Hall–Kier alpha value is -2.48. The van der Waals surface area contributed by atoms with E-state index >= 15 is 0 Å². The van der Waals surface area contributed by atoms with E-state index in [-0.39, 0.29) is 29.9 Å². The van der Waals surface area contributed by atoms with Crippen LogP contribution < -0.4 is 10.1 Å². The number of carbonyl (C=O) groups is 1. The van der Waals surface area contributed by atoms with Gasteiger partial charge in [0, 0.05) is 31.4 Å². The van der Waals surface area contributed by atoms with Gasteiger partial charge in [-0.05, 0) is 26.0 Å². The molecular formula is C17H22F2N4O2. The molecule has 0 fully saturated rings. The Bertz CT molecular complexity index is 703. The number of benzene rings is 1. The third-order valence-corrected chi connectivity index (χ3v) is 3.60. The Morgan fingerprint density at radius 1 is 1.36 bits per heavy atom. The fourth-order valence-electron chi connectivity index (χ4n) is 2.35. The van der Waals surface area contributed by atoms with Crippen LogP contribution in [0.2, 0.25) is 0 Å². The highest BCUT2D eigenvalue weighted by Crippen LogP contribution is 2.25. The molecule has 0 atom stereocenters. The van der Waals surface area contributed by atoms with Gasteiger partial charge in [0.2, 0.25) is 5.91 Å². The van der Waals surface area contributed by atoms with Crippen LogP contribution >= 0.6 is 0 Å². The fourth-order valence-corrected chi connectivity index (χ4v) is 2.35. The van der Waals surface area contributed by atoms with Gasteiger partial charge in [-0.25, -0.2) is 0 Å². The highest BCUT2D eigenvalue weighted by atomic mass is 19.3. The largest absolute Gasteiger partial charge is 0.433 e. The third-order valence-electron chi connectivity index (χ3n) is 3.60. The molecule has 1 amide bonds. The van der Waals surface area contributed by atoms with E-state index in [1.807, 2.05) is 32.0 Å². The number of hydrogen-bond donors (Lipinski definition) is 1. The number of aryl methyl sites for hydroxylation is 1. The Labute approximate surface area is 145 Å². The zero-order valence-corrected chi connectivity index (χ0v) is 14.4. The summed E-state index contributed by atoms with van der Waals surface area (Å²) in [5.74, 6) is -0.364. The van der Waals surface area contributed by atoms with Crippen LogP contribution in [-0.2, 0) is 18.4 Å². The number of anilines is 1. The number of nitrogens with one attached hydrogen (secondary N) is 1. The predicted molar refractivity (Wildman–Crippen MR) is 90.5 cm³/mol. The molecule has 0 saturated heterocycles. The van der Waals surface area contributed by atoms with E-state index in [0.29, 0.717) is 6.54 Å². The lowest BCUT2D eigenvalue weighted by Gasteiger charge is -2.25. The lowest BCUT2D eigenvalue weighted by Crippen LogP contribution is -2.37. The highest BCUT2D eigenvalue weighted by Gasteiger charge is 2.17. The average Bonchev–Trinajstić information content (AvgIpc) is 2.93. The van der Waals surface area contributed by atoms with Crippen molar-refractivity contribution in [3.8, 4) is 5.75 Å². The first-order valence-corrected chi connectivity index (χ1v) is 7.90. The number of halogens is 2. The lowest BCUT2D eigenvalue weighted by molar-refractivity contribution is -0.118. The number of para-hydroxylation sites is 2. The van der Waals surface area contributed by atoms with E-state index in [1.165, 1.54) is 12.1 Å². The number of carbonyl (C=O) groups excluding carboxylic acids is 1. The van der Waals surface area contributed by atoms with Crippen molar-refractivity contribution in [3.05, 3.63) is 42.2 Å². The zero-order valence-electron chi connectivity index (χ0n) is 14.4. The normalized spacial score (nSPS) is 11.4. The molecule has 1 aromatic heterocycles. The summed E-state index contributed by atoms with van der Waals surface area (Å²) in [5, 5.41) is 6.75. The third kappa shape index (κ3) is 5.82. The molecule has 8 heteroatoms. The molecular weight excluding hydrogens is 330 g/mol. The van der Waals surface area contributed by atoms with Gasteiger partial charge in [0.15, 0.2) is 0 Å². The molecule has 0 saturated carbocycles. The first-order valence-electron chi connectivity index (χ1n) is 7.90. The summed E-state index contributed by atoms with van der Waals surface area (Å²) in [6.45, 7) is 1.70. The van der Waals surface area contributed by atoms with Crippen molar-refractivity contribution in [1.82, 2.24) is 14.7 Å². The van der Waals surface area contributed by atoms with Crippen LogP contribution in [0, 0.1) is 0 Å². The zero-order chi connectivity index (χ0) is 18.4. The number of ether oxygens (including phenoxy) is 1. The van der Waals surface area contributed by atoms with Gasteiger partial charge in [-0.15, -0.1) is 0 Å². The molecule has 0 aliphatic heterocycles. The van der Waals surface area contributed by atoms with Crippen LogP contribution in [0.15, 0.2) is 36.7 Å². The molecule has 0 bridgehead atoms. The molecule has 1 N–H and O–H groups in total. The summed E-state index contributed by atoms with van der Waals surface area (Å²) in [6, 6.07) is 6.24. The Morgan fingerprint density at radius 3 is 2.68 bits per heavy atom. The van der Waals surface area contributed by atoms with E-state index in [4.69, 9.17) is 0 Å². The minimum Gasteiger partial charge on any atom is -0.433 e. The van der Waals surface area contributed by atoms with Gasteiger partial charge in [0.25, 0.3) is 0 Å². The van der Waals surface area contributed by atoms with Crippen molar-refractivity contribution in [2.75, 3.05) is 11.9 Å². The van der Waals surface area contributed by atoms with E-state index in [1.54, 1.807) is 23.0 Å². The van der Waals surface area contributed by atoms with Gasteiger partial charge < -0.3 is 10.1 Å². The van der Waals surface area contributed by atoms with Gasteiger partial charge in [-0.1, -0.05) is 12.1 Å². The molecule has 0 unspecified atom stereocenters. The number of alkyl halides is 2. The van der Waals surface area contributed by atoms with Gasteiger partial charge in [0.1, 0.15) is 5.75 Å². The standard InChI is InChI=1S/C17H22F2N4O2/c1-12(2)23(10-13-8-20-22(3)9-13)11-16(24)21-14-6-4-5-7-15(14)25-17(18)19/h4-9,12,17H,10-11H2,1-3H3,(H,21,24). The Balaban J connectivity index is 2.02. The summed E-state index contributed by atoms with van der Waals surface area (Å²) < 4.78 is 31.0. The maximum atomic E-state index is 12.4. The molecule has 6 nitrogen and oxygen atoms in total. The second kappa shape index (κ2) is 8.57. The van der Waals surface area contributed by atoms with E-state index in [2.05, 4.69) is 15.2 Å². The summed E-state index contributed by atoms with van der Waals surface area (Å²) in [4.78, 5) is 14.3. The van der Waals surface area contributed by atoms with Gasteiger partial charge in [-0.3, -0.25) is 14.4 Å². The topological polar surface area (TPSA) is 59.4 Å². The quantitative estimate of drug-likeness (QED) is 0.794. The molecule has 1 heterocycles. The van der Waals surface area contributed by atoms with Crippen LogP contribution in [-0.4, -0.2) is 39.8 Å². The van der Waals surface area contributed by atoms with Gasteiger partial charge in [-0.2, -0.15) is 13.9 Å². The number of aromatic nitrogens is 2. The number of hydrogen-bond acceptors (Lipinski definition) is 4. The molecule has 25 heavy (non-hydrogen) atoms. The fraction of sp³-hybridized carbons (Fsp3) is 0.412. The first kappa shape index (κ1) is 18.9. The average molecular weight is 352 g/mol. The lowest BCUT2D eigenvalue weighted by atomic mass is 10.2. The summed E-state index contributed by atoms with van der Waals surface area (Å²) >= 11 is 0. The van der Waals surface area contributed by atoms with Crippen LogP contribution in [0.5, 0.6) is 5.75 Å². The Morgan fingerprint density at radius 2 is 2.08 bits per heavy atom. The molecule has 0 radical (unpaired) electrons. The van der Waals surface area contributed by atoms with Crippen molar-refractivity contribution in [2.45, 2.75) is 33.0 Å². The van der Waals surface area contributed by atoms with Crippen molar-refractivity contribution in [3.63, 3.8) is 0 Å². The number of nitrogens with zero attached hydrogens (tertiary/aromatic N) is 3. The molecule has 0 aliphatic rings. The summed E-state index contributed by atoms with van der Waals surface area (Å²) in [5.41, 5.74) is 1.21. The van der Waals surface area contributed by atoms with Crippen LogP contribution in [0.25, 0.3) is 0 Å². The van der Waals surface area contributed by atoms with Crippen molar-refractivity contribution < 1.29 is 18.3 Å². The summed E-state index contributed by atoms with van der Waals surface area (Å²) in [7, 11) is 1.83. The predicted octanol–water partition coefficient (Wildman–Crippen LogP) is 2.87. The summed E-state index contributed by atoms with van der Waals surface area (Å²) in [6.07, 6.45) is 3.64. The highest BCUT2D eigenvalue weighted by molar-refractivity contribution is 5.93. The van der Waals surface area contributed by atoms with E-state index < -0.39 is 6.61 Å². The molecule has 0 spiro atoms. The monoisotopic (exact) mass is 352 g/mol. The second-order valence-electron chi connectivity index (χ2n) is 5.94. The first-order chi connectivity index (χ1) is 11.8. The molecule has 1 aromatic carbocycles. The van der Waals surface area contributed by atoms with Crippen molar-refractivity contribution in [1.29, 1.82) is 0 Å². The molecule has 0 aliphatic carbocycles. The Kier molecular flexibility index (Phi) is 6.46. The van der Waals surface area contributed by atoms with Crippen LogP contribution in [0.1, 0.15) is 19.4 Å². The molecule has 2 rings (SSSR count). The van der Waals surface area contributed by atoms with Crippen LogP contribution in [0.4, 0.5) is 14.5 Å². The SMILES string of the molecule is CC(C)N(CC(=O)Nc1ccccc1OC(F)F)Cc1cnn(C)c1. The van der Waals surface area contributed by atoms with Crippen LogP contribution in [0.3, 0.4) is 0 Å². The van der Waals surface area contributed by atoms with E-state index in [0.717, 1.165) is 5.56 Å². The number of rotatable bonds is 8. The number of amides is 1. The van der Waals surface area contributed by atoms with Gasteiger partial charge in [0.05, 0.1) is 18.4 Å². The second-order valence-corrected chi connectivity index (χ2v) is 5.94. The minimum atomic E-state index is -2.95. The smallest absolute Gasteiger partial charge is 0.387 e. The molecule has 136 valence electrons. The molecule has 2 aromatic rings. The van der Waals surface area contributed by atoms with Crippen molar-refractivity contribution in [2.24, 2.45) is 7.05 Å². The van der Waals surface area contributed by atoms with Gasteiger partial charge >= 0.3 is 6.61 Å².